The zero-order chi connectivity index (χ0) is 19.0. The Hall–Kier alpha value is -2.70. The van der Waals surface area contributed by atoms with Crippen molar-refractivity contribution in [3.8, 4) is 0 Å². The van der Waals surface area contributed by atoms with Gasteiger partial charge in [-0.15, -0.1) is 0 Å². The normalized spacial score (nSPS) is 23.6. The second-order valence-electron chi connectivity index (χ2n) is 7.59. The minimum absolute atomic E-state index is 0.0515. The van der Waals surface area contributed by atoms with E-state index in [-0.39, 0.29) is 30.2 Å². The second-order valence-corrected chi connectivity index (χ2v) is 7.59. The molecule has 1 saturated carbocycles. The van der Waals surface area contributed by atoms with E-state index in [1.165, 1.54) is 0 Å². The molecule has 2 amide bonds. The number of nitrogens with zero attached hydrogens (tertiary/aromatic N) is 4. The molecule has 0 saturated heterocycles. The molecule has 1 N–H and O–H groups in total. The van der Waals surface area contributed by atoms with Crippen LogP contribution in [-0.4, -0.2) is 37.8 Å². The summed E-state index contributed by atoms with van der Waals surface area (Å²) in [5.74, 6) is 1.73. The quantitative estimate of drug-likeness (QED) is 0.872. The lowest BCUT2D eigenvalue weighted by molar-refractivity contribution is -0.136. The predicted octanol–water partition coefficient (Wildman–Crippen LogP) is 1.70. The lowest BCUT2D eigenvalue weighted by Crippen LogP contribution is -2.42. The van der Waals surface area contributed by atoms with Crippen molar-refractivity contribution in [3.63, 3.8) is 0 Å². The number of amides is 2. The molecule has 27 heavy (non-hydrogen) atoms. The van der Waals surface area contributed by atoms with Crippen LogP contribution in [0.3, 0.4) is 0 Å². The fourth-order valence-corrected chi connectivity index (χ4v) is 3.73. The number of carbonyl (C=O) groups is 2. The van der Waals surface area contributed by atoms with Gasteiger partial charge in [0.2, 0.25) is 11.8 Å². The summed E-state index contributed by atoms with van der Waals surface area (Å²) in [7, 11) is 0. The maximum absolute atomic E-state index is 12.6. The van der Waals surface area contributed by atoms with Gasteiger partial charge in [0.05, 0.1) is 30.4 Å². The Kier molecular flexibility index (Phi) is 4.68. The fraction of sp³-hybridized carbons (Fsp3) is 0.500. The van der Waals surface area contributed by atoms with E-state index in [1.54, 1.807) is 6.20 Å². The summed E-state index contributed by atoms with van der Waals surface area (Å²) in [6.45, 7) is 5.99. The summed E-state index contributed by atoms with van der Waals surface area (Å²) in [4.78, 5) is 35.6. The van der Waals surface area contributed by atoms with E-state index in [0.717, 1.165) is 30.2 Å². The van der Waals surface area contributed by atoms with E-state index in [2.05, 4.69) is 26.8 Å². The van der Waals surface area contributed by atoms with Gasteiger partial charge in [-0.05, 0) is 31.4 Å². The van der Waals surface area contributed by atoms with Gasteiger partial charge in [-0.1, -0.05) is 13.0 Å². The number of carbonyl (C=O) groups excluding carboxylic acids is 2. The van der Waals surface area contributed by atoms with E-state index in [4.69, 9.17) is 0 Å². The Bertz CT molecular complexity index is 847. The largest absolute Gasteiger partial charge is 0.350 e. The summed E-state index contributed by atoms with van der Waals surface area (Å²) in [6.07, 6.45) is 4.88. The van der Waals surface area contributed by atoms with Crippen LogP contribution in [0.2, 0.25) is 0 Å². The third-order valence-corrected chi connectivity index (χ3v) is 5.52. The lowest BCUT2D eigenvalue weighted by Gasteiger charge is -2.34. The number of hydrogen-bond donors (Lipinski definition) is 1. The van der Waals surface area contributed by atoms with Crippen LogP contribution >= 0.6 is 0 Å². The molecule has 142 valence electrons. The van der Waals surface area contributed by atoms with Crippen LogP contribution in [0.1, 0.15) is 43.5 Å². The Morgan fingerprint density at radius 1 is 1.22 bits per heavy atom. The van der Waals surface area contributed by atoms with Gasteiger partial charge in [0.15, 0.2) is 0 Å². The number of nitrogens with one attached hydrogen (secondary N) is 1. The van der Waals surface area contributed by atoms with Crippen LogP contribution in [0.5, 0.6) is 0 Å². The average Bonchev–Trinajstić information content (AvgIpc) is 3.25. The number of hydrogen-bond acceptors (Lipinski definition) is 4. The lowest BCUT2D eigenvalue weighted by atomic mass is 10.1. The zero-order valence-corrected chi connectivity index (χ0v) is 15.8. The maximum atomic E-state index is 12.6. The monoisotopic (exact) mass is 367 g/mol. The molecule has 2 aromatic heterocycles. The van der Waals surface area contributed by atoms with Gasteiger partial charge in [-0.3, -0.25) is 14.6 Å². The van der Waals surface area contributed by atoms with Crippen molar-refractivity contribution >= 4 is 11.8 Å². The van der Waals surface area contributed by atoms with E-state index in [9.17, 15) is 9.59 Å². The van der Waals surface area contributed by atoms with E-state index in [1.807, 2.05) is 36.2 Å². The van der Waals surface area contributed by atoms with Crippen molar-refractivity contribution < 1.29 is 9.59 Å². The summed E-state index contributed by atoms with van der Waals surface area (Å²) in [6, 6.07) is 5.57. The van der Waals surface area contributed by atoms with Crippen molar-refractivity contribution in [1.29, 1.82) is 0 Å². The molecule has 7 heteroatoms. The Morgan fingerprint density at radius 2 is 2.04 bits per heavy atom. The van der Waals surface area contributed by atoms with Crippen LogP contribution in [-0.2, 0) is 29.1 Å². The van der Waals surface area contributed by atoms with E-state index >= 15 is 0 Å². The van der Waals surface area contributed by atoms with Crippen molar-refractivity contribution in [1.82, 2.24) is 24.8 Å². The summed E-state index contributed by atoms with van der Waals surface area (Å²) in [5.41, 5.74) is 1.57. The molecule has 0 spiro atoms. The molecule has 0 unspecified atom stereocenters. The number of aromatic nitrogens is 3. The van der Waals surface area contributed by atoms with Crippen LogP contribution in [0.15, 0.2) is 30.6 Å². The molecule has 0 aromatic carbocycles. The highest BCUT2D eigenvalue weighted by Gasteiger charge is 2.43. The number of rotatable bonds is 5. The molecule has 0 radical (unpaired) electrons. The first-order chi connectivity index (χ1) is 13.0. The third-order valence-electron chi connectivity index (χ3n) is 5.52. The minimum atomic E-state index is -0.0801. The molecule has 1 aliphatic heterocycles. The molecule has 1 fully saturated rings. The van der Waals surface area contributed by atoms with Crippen LogP contribution in [0.25, 0.3) is 0 Å². The SMILES string of the molecule is C[C@@H]1C[C@@H]1C(=O)N1CCn2cc(CC(=O)NCc3ccccn3)nc2[C@@H]1C. The first-order valence-electron chi connectivity index (χ1n) is 9.56. The molecular formula is C20H25N5O2. The van der Waals surface area contributed by atoms with Crippen LogP contribution in [0, 0.1) is 11.8 Å². The van der Waals surface area contributed by atoms with Gasteiger partial charge >= 0.3 is 0 Å². The molecule has 0 bridgehead atoms. The zero-order valence-electron chi connectivity index (χ0n) is 15.8. The second kappa shape index (κ2) is 7.13. The molecule has 1 aliphatic carbocycles. The van der Waals surface area contributed by atoms with Crippen molar-refractivity contribution in [3.05, 3.63) is 47.8 Å². The fourth-order valence-electron chi connectivity index (χ4n) is 3.73. The topological polar surface area (TPSA) is 80.1 Å². The van der Waals surface area contributed by atoms with Crippen LogP contribution in [0.4, 0.5) is 0 Å². The van der Waals surface area contributed by atoms with Crippen molar-refractivity contribution in [2.75, 3.05) is 6.54 Å². The summed E-state index contributed by atoms with van der Waals surface area (Å²) in [5, 5.41) is 2.88. The van der Waals surface area contributed by atoms with Crippen molar-refractivity contribution in [2.24, 2.45) is 11.8 Å². The summed E-state index contributed by atoms with van der Waals surface area (Å²) >= 11 is 0. The molecule has 3 heterocycles. The Balaban J connectivity index is 1.37. The number of imidazole rings is 1. The van der Waals surface area contributed by atoms with Crippen molar-refractivity contribution in [2.45, 2.75) is 45.8 Å². The van der Waals surface area contributed by atoms with Gasteiger partial charge in [0, 0.05) is 31.4 Å². The highest BCUT2D eigenvalue weighted by molar-refractivity contribution is 5.82. The number of pyridine rings is 1. The van der Waals surface area contributed by atoms with E-state index < -0.39 is 0 Å². The highest BCUT2D eigenvalue weighted by Crippen LogP contribution is 2.41. The summed E-state index contributed by atoms with van der Waals surface area (Å²) < 4.78 is 2.08. The maximum Gasteiger partial charge on any atom is 0.226 e. The predicted molar refractivity (Wildman–Crippen MR) is 99.4 cm³/mol. The molecule has 3 atom stereocenters. The first-order valence-corrected chi connectivity index (χ1v) is 9.56. The van der Waals surface area contributed by atoms with Gasteiger partial charge in [0.1, 0.15) is 5.82 Å². The molecule has 2 aliphatic rings. The molecule has 2 aromatic rings. The van der Waals surface area contributed by atoms with Gasteiger partial charge in [0.25, 0.3) is 0 Å². The van der Waals surface area contributed by atoms with Gasteiger partial charge in [-0.2, -0.15) is 0 Å². The van der Waals surface area contributed by atoms with Gasteiger partial charge in [-0.25, -0.2) is 4.98 Å². The van der Waals surface area contributed by atoms with Gasteiger partial charge < -0.3 is 14.8 Å². The molecular weight excluding hydrogens is 342 g/mol. The molecule has 7 nitrogen and oxygen atoms in total. The third kappa shape index (κ3) is 3.72. The Labute approximate surface area is 158 Å². The average molecular weight is 367 g/mol. The Morgan fingerprint density at radius 3 is 2.74 bits per heavy atom. The minimum Gasteiger partial charge on any atom is -0.350 e. The standard InChI is InChI=1S/C20H25N5O2/c1-13-9-17(13)20(27)25-8-7-24-12-16(23-19(24)14(25)2)10-18(26)22-11-15-5-3-4-6-21-15/h3-6,12-14,17H,7-11H2,1-2H3,(H,22,26)/t13-,14+,17+/m1/s1. The molecule has 4 rings (SSSR count). The number of fused-ring (bicyclic) bond motifs is 1. The van der Waals surface area contributed by atoms with E-state index in [0.29, 0.717) is 19.0 Å². The highest BCUT2D eigenvalue weighted by atomic mass is 16.2. The van der Waals surface area contributed by atoms with Crippen LogP contribution < -0.4 is 5.32 Å². The first kappa shape index (κ1) is 17.7. The smallest absolute Gasteiger partial charge is 0.226 e.